The Bertz CT molecular complexity index is 664. The van der Waals surface area contributed by atoms with Gasteiger partial charge in [0, 0.05) is 0 Å². The molecule has 168 valence electrons. The van der Waals surface area contributed by atoms with Crippen LogP contribution >= 0.6 is 0 Å². The number of halogens is 3. The molecule has 0 unspecified atom stereocenters. The summed E-state index contributed by atoms with van der Waals surface area (Å²) in [6.45, 7) is 2.28. The van der Waals surface area contributed by atoms with Gasteiger partial charge in [-0.1, -0.05) is 64.0 Å². The van der Waals surface area contributed by atoms with Crippen molar-refractivity contribution in [1.29, 1.82) is 0 Å². The summed E-state index contributed by atoms with van der Waals surface area (Å²) < 4.78 is 41.9. The summed E-state index contributed by atoms with van der Waals surface area (Å²) in [5, 5.41) is 0. The minimum atomic E-state index is -2.43. The molecule has 2 fully saturated rings. The highest BCUT2D eigenvalue weighted by atomic mass is 19.3. The van der Waals surface area contributed by atoms with Crippen LogP contribution in [0.3, 0.4) is 0 Å². The van der Waals surface area contributed by atoms with E-state index in [0.29, 0.717) is 11.3 Å². The molecule has 0 bridgehead atoms. The zero-order chi connectivity index (χ0) is 21.4. The van der Waals surface area contributed by atoms with Crippen molar-refractivity contribution in [3.63, 3.8) is 0 Å². The molecule has 0 saturated heterocycles. The molecule has 0 N–H and O–H groups in total. The van der Waals surface area contributed by atoms with E-state index in [1.165, 1.54) is 95.5 Å². The third-order valence-electron chi connectivity index (χ3n) is 7.68. The molecule has 0 atom stereocenters. The van der Waals surface area contributed by atoms with Gasteiger partial charge in [-0.15, -0.1) is 0 Å². The minimum Gasteiger partial charge on any atom is -0.428 e. The monoisotopic (exact) mass is 422 g/mol. The molecule has 2 aliphatic rings. The molecule has 0 heterocycles. The first-order valence-electron chi connectivity index (χ1n) is 12.0. The fraction of sp³-hybridized carbons (Fsp3) is 0.692. The summed E-state index contributed by atoms with van der Waals surface area (Å²) in [5.41, 5.74) is 1.79. The van der Waals surface area contributed by atoms with Crippen LogP contribution in [0, 0.1) is 11.3 Å². The Morgan fingerprint density at radius 2 is 1.57 bits per heavy atom. The molecular weight excluding hydrogens is 385 g/mol. The lowest BCUT2D eigenvalue weighted by Gasteiger charge is -2.47. The van der Waals surface area contributed by atoms with Crippen LogP contribution in [0.5, 0.6) is 5.75 Å². The van der Waals surface area contributed by atoms with Gasteiger partial charge in [0.05, 0.1) is 0 Å². The van der Waals surface area contributed by atoms with Gasteiger partial charge >= 0.3 is 12.1 Å². The van der Waals surface area contributed by atoms with Crippen molar-refractivity contribution in [1.82, 2.24) is 0 Å². The van der Waals surface area contributed by atoms with E-state index in [9.17, 15) is 13.2 Å². The second-order valence-electron chi connectivity index (χ2n) is 9.49. The highest BCUT2D eigenvalue weighted by molar-refractivity contribution is 5.30. The van der Waals surface area contributed by atoms with Crippen molar-refractivity contribution < 1.29 is 17.9 Å². The van der Waals surface area contributed by atoms with E-state index in [2.05, 4.69) is 11.7 Å². The number of benzene rings is 1. The van der Waals surface area contributed by atoms with Gasteiger partial charge in [0.25, 0.3) is 0 Å². The number of hydrogen-bond donors (Lipinski definition) is 0. The number of hydrogen-bond acceptors (Lipinski definition) is 1. The van der Waals surface area contributed by atoms with Crippen LogP contribution < -0.4 is 4.74 Å². The maximum Gasteiger partial charge on any atom is 0.344 e. The Morgan fingerprint density at radius 1 is 0.900 bits per heavy atom. The summed E-state index contributed by atoms with van der Waals surface area (Å²) in [6, 6.07) is 5.19. The largest absolute Gasteiger partial charge is 0.428 e. The van der Waals surface area contributed by atoms with E-state index >= 15 is 0 Å². The Balaban J connectivity index is 1.56. The Morgan fingerprint density at radius 3 is 2.17 bits per heavy atom. The van der Waals surface area contributed by atoms with Crippen LogP contribution in [0.25, 0.3) is 0 Å². The number of rotatable bonds is 9. The third-order valence-corrected chi connectivity index (χ3v) is 7.68. The van der Waals surface area contributed by atoms with Gasteiger partial charge in [-0.25, -0.2) is 0 Å². The first-order valence-corrected chi connectivity index (χ1v) is 12.0. The molecule has 0 amide bonds. The number of ether oxygens (including phenoxy) is 1. The van der Waals surface area contributed by atoms with Crippen molar-refractivity contribution in [3.8, 4) is 5.75 Å². The van der Waals surface area contributed by atoms with Gasteiger partial charge in [0.15, 0.2) is 0 Å². The first kappa shape index (κ1) is 23.2. The molecule has 0 radical (unpaired) electrons. The van der Waals surface area contributed by atoms with Crippen molar-refractivity contribution in [2.45, 2.75) is 103 Å². The van der Waals surface area contributed by atoms with Crippen molar-refractivity contribution in [2.24, 2.45) is 11.3 Å². The summed E-state index contributed by atoms with van der Waals surface area (Å²) in [7, 11) is 0. The van der Waals surface area contributed by atoms with Gasteiger partial charge in [0.1, 0.15) is 5.75 Å². The fourth-order valence-corrected chi connectivity index (χ4v) is 6.01. The summed E-state index contributed by atoms with van der Waals surface area (Å²) in [5.74, 6) is 1.48. The van der Waals surface area contributed by atoms with E-state index in [4.69, 9.17) is 0 Å². The van der Waals surface area contributed by atoms with E-state index in [0.717, 1.165) is 5.92 Å². The molecule has 1 aromatic rings. The molecule has 0 aliphatic heterocycles. The minimum absolute atomic E-state index is 0.117. The van der Waals surface area contributed by atoms with Crippen molar-refractivity contribution >= 4 is 0 Å². The van der Waals surface area contributed by atoms with E-state index in [-0.39, 0.29) is 5.75 Å². The van der Waals surface area contributed by atoms with Gasteiger partial charge < -0.3 is 4.74 Å². The molecule has 0 spiro atoms. The lowest BCUT2D eigenvalue weighted by Crippen LogP contribution is -2.35. The zero-order valence-electron chi connectivity index (χ0n) is 18.4. The third kappa shape index (κ3) is 6.04. The van der Waals surface area contributed by atoms with Crippen LogP contribution in [0.15, 0.2) is 36.4 Å². The average Bonchev–Trinajstić information content (AvgIpc) is 2.78. The van der Waals surface area contributed by atoms with Gasteiger partial charge in [-0.2, -0.15) is 13.2 Å². The van der Waals surface area contributed by atoms with Gasteiger partial charge in [-0.3, -0.25) is 0 Å². The standard InChI is InChI=1S/C26H37F3O/c1-2-3-4-6-17-26(18-7-5-8-19-26)22-13-9-20(10-14-22)21-11-15-23(16-12-21)30-25(29)24(27)28/h11-12,15-16,20,22H,2-10,13-14,17-19H2,1H3/t20-,22-. The first-order chi connectivity index (χ1) is 14.5. The smallest absolute Gasteiger partial charge is 0.344 e. The SMILES string of the molecule is CCCCCCC1([C@H]2CC[C@H](c3ccc(OC(F)=C(F)F)cc3)CC2)CCCCC1. The predicted molar refractivity (Wildman–Crippen MR) is 116 cm³/mol. The summed E-state index contributed by atoms with van der Waals surface area (Å²) >= 11 is 0. The zero-order valence-corrected chi connectivity index (χ0v) is 18.4. The van der Waals surface area contributed by atoms with E-state index in [1.807, 2.05) is 12.1 Å². The molecule has 4 heteroatoms. The lowest BCUT2D eigenvalue weighted by atomic mass is 9.58. The van der Waals surface area contributed by atoms with Crippen LogP contribution in [0.1, 0.15) is 108 Å². The molecule has 1 aromatic carbocycles. The van der Waals surface area contributed by atoms with Gasteiger partial charge in [0.2, 0.25) is 0 Å². The highest BCUT2D eigenvalue weighted by Gasteiger charge is 2.40. The van der Waals surface area contributed by atoms with Crippen molar-refractivity contribution in [2.75, 3.05) is 0 Å². The van der Waals surface area contributed by atoms with Crippen LogP contribution in [0.2, 0.25) is 0 Å². The second kappa shape index (κ2) is 11.2. The molecule has 3 rings (SSSR count). The predicted octanol–water partition coefficient (Wildman–Crippen LogP) is 9.30. The molecule has 1 nitrogen and oxygen atoms in total. The van der Waals surface area contributed by atoms with Crippen LogP contribution in [0.4, 0.5) is 13.2 Å². The Hall–Kier alpha value is -1.45. The maximum absolute atomic E-state index is 13.0. The Kier molecular flexibility index (Phi) is 8.71. The lowest BCUT2D eigenvalue weighted by molar-refractivity contribution is 0.0506. The molecule has 0 aromatic heterocycles. The van der Waals surface area contributed by atoms with E-state index in [1.54, 1.807) is 12.1 Å². The highest BCUT2D eigenvalue weighted by Crippen LogP contribution is 2.53. The van der Waals surface area contributed by atoms with Crippen LogP contribution in [-0.2, 0) is 0 Å². The summed E-state index contributed by atoms with van der Waals surface area (Å²) in [6.07, 6.45) is 16.4. The normalized spacial score (nSPS) is 23.7. The van der Waals surface area contributed by atoms with E-state index < -0.39 is 12.1 Å². The average molecular weight is 423 g/mol. The topological polar surface area (TPSA) is 9.23 Å². The molecule has 30 heavy (non-hydrogen) atoms. The second-order valence-corrected chi connectivity index (χ2v) is 9.49. The van der Waals surface area contributed by atoms with Gasteiger partial charge in [-0.05, 0) is 79.9 Å². The van der Waals surface area contributed by atoms with Crippen LogP contribution in [-0.4, -0.2) is 0 Å². The number of unbranched alkanes of at least 4 members (excludes halogenated alkanes) is 3. The fourth-order valence-electron chi connectivity index (χ4n) is 6.01. The molecular formula is C26H37F3O. The van der Waals surface area contributed by atoms with Crippen molar-refractivity contribution in [3.05, 3.63) is 41.9 Å². The Labute approximate surface area is 180 Å². The maximum atomic E-state index is 13.0. The summed E-state index contributed by atoms with van der Waals surface area (Å²) in [4.78, 5) is 0. The quantitative estimate of drug-likeness (QED) is 0.284. The molecule has 2 aliphatic carbocycles. The molecule has 2 saturated carbocycles.